The molecule has 21 heavy (non-hydrogen) atoms. The second kappa shape index (κ2) is 7.25. The minimum atomic E-state index is 0.517. The van der Waals surface area contributed by atoms with E-state index in [1.807, 2.05) is 0 Å². The summed E-state index contributed by atoms with van der Waals surface area (Å²) in [7, 11) is 0. The van der Waals surface area contributed by atoms with Crippen molar-refractivity contribution in [3.05, 3.63) is 0 Å². The minimum absolute atomic E-state index is 0.517. The molecule has 1 aliphatic heterocycles. The number of rotatable bonds is 5. The SMILES string of the molecule is C[C@@H](NC(=S)NCCN1CCOCC1)[C@H]1C[C@H]2CC[C@H]1C2. The molecule has 4 nitrogen and oxygen atoms in total. The van der Waals surface area contributed by atoms with Crippen molar-refractivity contribution in [1.82, 2.24) is 15.5 Å². The molecular weight excluding hydrogens is 282 g/mol. The summed E-state index contributed by atoms with van der Waals surface area (Å²) in [5.41, 5.74) is 0. The summed E-state index contributed by atoms with van der Waals surface area (Å²) in [5, 5.41) is 7.72. The number of hydrogen-bond donors (Lipinski definition) is 2. The molecule has 4 atom stereocenters. The van der Waals surface area contributed by atoms with Crippen LogP contribution in [0.2, 0.25) is 0 Å². The average molecular weight is 311 g/mol. The van der Waals surface area contributed by atoms with Crippen molar-refractivity contribution in [3.8, 4) is 0 Å². The van der Waals surface area contributed by atoms with Gasteiger partial charge in [0.1, 0.15) is 0 Å². The number of morpholine rings is 1. The monoisotopic (exact) mass is 311 g/mol. The van der Waals surface area contributed by atoms with E-state index in [-0.39, 0.29) is 0 Å². The molecule has 120 valence electrons. The van der Waals surface area contributed by atoms with Crippen LogP contribution >= 0.6 is 12.2 Å². The van der Waals surface area contributed by atoms with Crippen molar-refractivity contribution in [3.63, 3.8) is 0 Å². The Hall–Kier alpha value is -0.390. The van der Waals surface area contributed by atoms with E-state index in [9.17, 15) is 0 Å². The van der Waals surface area contributed by atoms with Gasteiger partial charge in [-0.3, -0.25) is 4.90 Å². The van der Waals surface area contributed by atoms with Crippen molar-refractivity contribution >= 4 is 17.3 Å². The number of ether oxygens (including phenoxy) is 1. The normalized spacial score (nSPS) is 33.9. The lowest BCUT2D eigenvalue weighted by molar-refractivity contribution is 0.0389. The van der Waals surface area contributed by atoms with E-state index >= 15 is 0 Å². The molecule has 2 N–H and O–H groups in total. The molecule has 0 spiro atoms. The van der Waals surface area contributed by atoms with Gasteiger partial charge < -0.3 is 15.4 Å². The maximum absolute atomic E-state index is 5.45. The molecule has 3 aliphatic rings. The number of nitrogens with one attached hydrogen (secondary N) is 2. The Morgan fingerprint density at radius 1 is 1.29 bits per heavy atom. The molecule has 2 bridgehead atoms. The van der Waals surface area contributed by atoms with E-state index in [1.165, 1.54) is 25.7 Å². The van der Waals surface area contributed by atoms with Gasteiger partial charge in [0.2, 0.25) is 0 Å². The molecule has 0 aromatic carbocycles. The first-order valence-corrected chi connectivity index (χ1v) is 8.97. The molecular formula is C16H29N3OS. The van der Waals surface area contributed by atoms with Crippen LogP contribution < -0.4 is 10.6 Å². The van der Waals surface area contributed by atoms with E-state index < -0.39 is 0 Å². The number of hydrogen-bond acceptors (Lipinski definition) is 3. The summed E-state index contributed by atoms with van der Waals surface area (Å²) in [6.45, 7) is 8.10. The van der Waals surface area contributed by atoms with Crippen LogP contribution in [0.15, 0.2) is 0 Å². The molecule has 3 rings (SSSR count). The molecule has 2 saturated carbocycles. The van der Waals surface area contributed by atoms with Crippen molar-refractivity contribution in [2.45, 2.75) is 38.6 Å². The molecule has 0 aromatic heterocycles. The van der Waals surface area contributed by atoms with Gasteiger partial charge in [0.15, 0.2) is 5.11 Å². The smallest absolute Gasteiger partial charge is 0.166 e. The van der Waals surface area contributed by atoms with Crippen LogP contribution in [0, 0.1) is 17.8 Å². The zero-order valence-corrected chi connectivity index (χ0v) is 14.0. The van der Waals surface area contributed by atoms with E-state index in [1.54, 1.807) is 0 Å². The van der Waals surface area contributed by atoms with Crippen LogP contribution in [0.3, 0.4) is 0 Å². The number of nitrogens with zero attached hydrogens (tertiary/aromatic N) is 1. The van der Waals surface area contributed by atoms with Crippen molar-refractivity contribution in [2.75, 3.05) is 39.4 Å². The fourth-order valence-electron chi connectivity index (χ4n) is 4.42. The molecule has 0 unspecified atom stereocenters. The van der Waals surface area contributed by atoms with Gasteiger partial charge >= 0.3 is 0 Å². The second-order valence-corrected chi connectivity index (χ2v) is 7.39. The topological polar surface area (TPSA) is 36.5 Å². The molecule has 3 fully saturated rings. The van der Waals surface area contributed by atoms with Crippen molar-refractivity contribution in [1.29, 1.82) is 0 Å². The van der Waals surface area contributed by atoms with E-state index in [0.717, 1.165) is 62.3 Å². The standard InChI is InChI=1S/C16H29N3OS/c1-12(15-11-13-2-3-14(15)10-13)18-16(21)17-4-5-19-6-8-20-9-7-19/h12-15H,2-11H2,1H3,(H2,17,18,21)/t12-,13+,14+,15-/m1/s1. The zero-order valence-electron chi connectivity index (χ0n) is 13.1. The largest absolute Gasteiger partial charge is 0.379 e. The fraction of sp³-hybridized carbons (Fsp3) is 0.938. The predicted octanol–water partition coefficient (Wildman–Crippen LogP) is 1.61. The lowest BCUT2D eigenvalue weighted by atomic mass is 9.84. The molecule has 0 radical (unpaired) electrons. The Balaban J connectivity index is 1.32. The number of thiocarbonyl (C=S) groups is 1. The Morgan fingerprint density at radius 2 is 2.10 bits per heavy atom. The van der Waals surface area contributed by atoms with Gasteiger partial charge in [-0.05, 0) is 56.2 Å². The van der Waals surface area contributed by atoms with E-state index in [4.69, 9.17) is 17.0 Å². The Kier molecular flexibility index (Phi) is 5.35. The highest BCUT2D eigenvalue weighted by Crippen LogP contribution is 2.49. The summed E-state index contributed by atoms with van der Waals surface area (Å²) in [6, 6.07) is 0.517. The highest BCUT2D eigenvalue weighted by Gasteiger charge is 2.41. The lowest BCUT2D eigenvalue weighted by Crippen LogP contribution is -2.47. The Bertz CT molecular complexity index is 359. The second-order valence-electron chi connectivity index (χ2n) is 6.98. The average Bonchev–Trinajstić information content (AvgIpc) is 3.11. The van der Waals surface area contributed by atoms with E-state index in [2.05, 4.69) is 22.5 Å². The van der Waals surface area contributed by atoms with Crippen LogP contribution in [0.4, 0.5) is 0 Å². The van der Waals surface area contributed by atoms with Crippen molar-refractivity contribution < 1.29 is 4.74 Å². The molecule has 1 saturated heterocycles. The molecule has 2 aliphatic carbocycles. The van der Waals surface area contributed by atoms with Gasteiger partial charge in [0.05, 0.1) is 13.2 Å². The molecule has 0 amide bonds. The summed E-state index contributed by atoms with van der Waals surface area (Å²) in [4.78, 5) is 2.43. The summed E-state index contributed by atoms with van der Waals surface area (Å²) in [6.07, 6.45) is 5.79. The van der Waals surface area contributed by atoms with Crippen LogP contribution in [-0.2, 0) is 4.74 Å². The highest BCUT2D eigenvalue weighted by molar-refractivity contribution is 7.80. The fourth-order valence-corrected chi connectivity index (χ4v) is 4.71. The van der Waals surface area contributed by atoms with Crippen LogP contribution in [0.25, 0.3) is 0 Å². The summed E-state index contributed by atoms with van der Waals surface area (Å²) >= 11 is 5.45. The molecule has 5 heteroatoms. The van der Waals surface area contributed by atoms with Crippen molar-refractivity contribution in [2.24, 2.45) is 17.8 Å². The van der Waals surface area contributed by atoms with Gasteiger partial charge in [-0.1, -0.05) is 6.42 Å². The minimum Gasteiger partial charge on any atom is -0.379 e. The van der Waals surface area contributed by atoms with Gasteiger partial charge in [0.25, 0.3) is 0 Å². The third kappa shape index (κ3) is 4.08. The van der Waals surface area contributed by atoms with Gasteiger partial charge in [-0.15, -0.1) is 0 Å². The lowest BCUT2D eigenvalue weighted by Gasteiger charge is -2.30. The van der Waals surface area contributed by atoms with Crippen LogP contribution in [-0.4, -0.2) is 55.4 Å². The maximum atomic E-state index is 5.45. The first-order valence-electron chi connectivity index (χ1n) is 8.57. The molecule has 0 aromatic rings. The first kappa shape index (κ1) is 15.5. The first-order chi connectivity index (χ1) is 10.2. The summed E-state index contributed by atoms with van der Waals surface area (Å²) in [5.74, 6) is 2.79. The Labute approximate surface area is 134 Å². The van der Waals surface area contributed by atoms with Crippen LogP contribution in [0.5, 0.6) is 0 Å². The third-order valence-corrected chi connectivity index (χ3v) is 5.87. The maximum Gasteiger partial charge on any atom is 0.166 e. The van der Waals surface area contributed by atoms with Gasteiger partial charge in [-0.2, -0.15) is 0 Å². The third-order valence-electron chi connectivity index (χ3n) is 5.61. The Morgan fingerprint density at radius 3 is 2.76 bits per heavy atom. The van der Waals surface area contributed by atoms with Gasteiger partial charge in [-0.25, -0.2) is 0 Å². The van der Waals surface area contributed by atoms with Gasteiger partial charge in [0, 0.05) is 32.2 Å². The summed E-state index contributed by atoms with van der Waals surface area (Å²) < 4.78 is 5.36. The van der Waals surface area contributed by atoms with E-state index in [0.29, 0.717) is 6.04 Å². The quantitative estimate of drug-likeness (QED) is 0.755. The van der Waals surface area contributed by atoms with Crippen LogP contribution in [0.1, 0.15) is 32.6 Å². The zero-order chi connectivity index (χ0) is 14.7. The number of fused-ring (bicyclic) bond motifs is 2. The predicted molar refractivity (Wildman–Crippen MR) is 89.4 cm³/mol. The highest BCUT2D eigenvalue weighted by atomic mass is 32.1. The molecule has 1 heterocycles.